The molecule has 3 aromatic carbocycles. The first kappa shape index (κ1) is 33.7. The van der Waals surface area contributed by atoms with Crippen molar-refractivity contribution in [3.8, 4) is 0 Å². The number of halogens is 1. The summed E-state index contributed by atoms with van der Waals surface area (Å²) >= 11 is 0. The predicted octanol–water partition coefficient (Wildman–Crippen LogP) is 5.13. The normalized spacial score (nSPS) is 23.4. The average molecular weight is 672 g/mol. The summed E-state index contributed by atoms with van der Waals surface area (Å²) in [5.41, 5.74) is 2.47. The molecule has 252 valence electrons. The van der Waals surface area contributed by atoms with Gasteiger partial charge in [-0.05, 0) is 55.8 Å². The van der Waals surface area contributed by atoms with Crippen LogP contribution in [-0.2, 0) is 33.0 Å². The number of aryl methyl sites for hydroxylation is 1. The Morgan fingerprint density at radius 3 is 2.54 bits per heavy atom. The second-order valence-corrected chi connectivity index (χ2v) is 17.2. The molecule has 1 saturated heterocycles. The van der Waals surface area contributed by atoms with Crippen LogP contribution in [0.1, 0.15) is 48.6 Å². The molecular formula is C36H42FN5O5Si. The number of fused-ring (bicyclic) bond motifs is 2. The van der Waals surface area contributed by atoms with E-state index in [1.54, 1.807) is 40.9 Å². The van der Waals surface area contributed by atoms with Gasteiger partial charge in [-0.3, -0.25) is 14.3 Å². The van der Waals surface area contributed by atoms with Crippen molar-refractivity contribution in [3.63, 3.8) is 0 Å². The number of nitrogens with one attached hydrogen (secondary N) is 1. The molecule has 0 saturated carbocycles. The SMILES string of the molecule is C[C@H](O)C(=O)Nc1cccc(CN2C(=O)[C@@]3(O[C@@H](CCn4cc(C(CO)c5ccccc5)nn4)[C@H]([Si](C)(C)F)[C@H]3C)c3ccccc32)c1. The van der Waals surface area contributed by atoms with E-state index >= 15 is 4.11 Å². The third-order valence-electron chi connectivity index (χ3n) is 9.72. The molecule has 1 spiro atoms. The summed E-state index contributed by atoms with van der Waals surface area (Å²) in [5, 5.41) is 31.1. The van der Waals surface area contributed by atoms with Crippen molar-refractivity contribution in [3.05, 3.63) is 107 Å². The quantitative estimate of drug-likeness (QED) is 0.149. The Hall–Kier alpha value is -4.23. The van der Waals surface area contributed by atoms with E-state index in [1.807, 2.05) is 73.8 Å². The van der Waals surface area contributed by atoms with Crippen molar-refractivity contribution in [1.29, 1.82) is 0 Å². The van der Waals surface area contributed by atoms with Crippen LogP contribution in [0.4, 0.5) is 15.5 Å². The number of para-hydroxylation sites is 1. The van der Waals surface area contributed by atoms with Crippen LogP contribution in [-0.4, -0.2) is 64.2 Å². The average Bonchev–Trinajstić information content (AvgIpc) is 3.71. The highest BCUT2D eigenvalue weighted by atomic mass is 28.4. The van der Waals surface area contributed by atoms with E-state index in [-0.39, 0.29) is 25.0 Å². The van der Waals surface area contributed by atoms with Crippen molar-refractivity contribution in [2.24, 2.45) is 5.92 Å². The Morgan fingerprint density at radius 1 is 1.10 bits per heavy atom. The fraction of sp³-hybridized carbons (Fsp3) is 0.389. The van der Waals surface area contributed by atoms with E-state index in [0.717, 1.165) is 16.7 Å². The molecule has 0 aliphatic carbocycles. The highest BCUT2D eigenvalue weighted by Crippen LogP contribution is 2.60. The molecule has 2 aliphatic rings. The molecule has 1 fully saturated rings. The van der Waals surface area contributed by atoms with Gasteiger partial charge in [0.2, 0.25) is 8.41 Å². The maximum Gasteiger partial charge on any atom is 0.264 e. The van der Waals surface area contributed by atoms with Crippen LogP contribution in [0.15, 0.2) is 85.1 Å². The van der Waals surface area contributed by atoms with Gasteiger partial charge < -0.3 is 29.3 Å². The first-order chi connectivity index (χ1) is 22.9. The standard InChI is InChI=1S/C36H42FN5O5Si/c1-23-33(48(3,4)37)32(17-18-41-21-30(39-40-41)28(22-43)26-12-6-5-7-13-26)47-36(23)29-15-8-9-16-31(29)42(35(36)46)20-25-11-10-14-27(19-25)38-34(45)24(2)44/h5-16,19,21,23-24,28,32-33,43-44H,17-18,20,22H2,1-4H3,(H,38,45)/t23-,24+,28?,32+,33-,36+/m1/s1. The molecule has 12 heteroatoms. The van der Waals surface area contributed by atoms with Crippen LogP contribution < -0.4 is 10.2 Å². The van der Waals surface area contributed by atoms with Crippen LogP contribution >= 0.6 is 0 Å². The number of ether oxygens (including phenoxy) is 1. The largest absolute Gasteiger partial charge is 0.395 e. The van der Waals surface area contributed by atoms with Crippen molar-refractivity contribution in [1.82, 2.24) is 15.0 Å². The zero-order chi connectivity index (χ0) is 34.2. The minimum atomic E-state index is -3.36. The lowest BCUT2D eigenvalue weighted by Crippen LogP contribution is -2.45. The van der Waals surface area contributed by atoms with E-state index in [1.165, 1.54) is 6.92 Å². The van der Waals surface area contributed by atoms with Crippen LogP contribution in [0.2, 0.25) is 18.6 Å². The van der Waals surface area contributed by atoms with Crippen molar-refractivity contribution in [2.45, 2.75) is 75.7 Å². The maximum atomic E-state index is 16.3. The van der Waals surface area contributed by atoms with Gasteiger partial charge >= 0.3 is 0 Å². The van der Waals surface area contributed by atoms with Crippen molar-refractivity contribution in [2.75, 3.05) is 16.8 Å². The lowest BCUT2D eigenvalue weighted by Gasteiger charge is -2.31. The van der Waals surface area contributed by atoms with E-state index in [2.05, 4.69) is 15.6 Å². The summed E-state index contributed by atoms with van der Waals surface area (Å²) in [4.78, 5) is 28.4. The number of amides is 2. The zero-order valence-corrected chi connectivity index (χ0v) is 28.6. The Morgan fingerprint density at radius 2 is 1.83 bits per heavy atom. The monoisotopic (exact) mass is 671 g/mol. The molecule has 4 aromatic rings. The van der Waals surface area contributed by atoms with E-state index in [0.29, 0.717) is 30.0 Å². The van der Waals surface area contributed by atoms with Gasteiger partial charge in [0.25, 0.3) is 11.8 Å². The number of nitrogens with zero attached hydrogens (tertiary/aromatic N) is 4. The fourth-order valence-electron chi connectivity index (χ4n) is 7.50. The van der Waals surface area contributed by atoms with Gasteiger partial charge in [-0.1, -0.05) is 72.8 Å². The third-order valence-corrected chi connectivity index (χ3v) is 12.2. The van der Waals surface area contributed by atoms with Gasteiger partial charge in [0.1, 0.15) is 6.10 Å². The number of hydrogen-bond acceptors (Lipinski definition) is 7. The molecular weight excluding hydrogens is 630 g/mol. The molecule has 10 nitrogen and oxygen atoms in total. The predicted molar refractivity (Wildman–Crippen MR) is 182 cm³/mol. The van der Waals surface area contributed by atoms with E-state index in [9.17, 15) is 19.8 Å². The molecule has 3 N–H and O–H groups in total. The van der Waals surface area contributed by atoms with Gasteiger partial charge in [0.05, 0.1) is 36.6 Å². The lowest BCUT2D eigenvalue weighted by atomic mass is 9.82. The molecule has 6 atom stereocenters. The number of aliphatic hydroxyl groups excluding tert-OH is 2. The minimum absolute atomic E-state index is 0.114. The summed E-state index contributed by atoms with van der Waals surface area (Å²) in [6.07, 6.45) is 0.530. The summed E-state index contributed by atoms with van der Waals surface area (Å²) in [6.45, 7) is 7.19. The van der Waals surface area contributed by atoms with Crippen LogP contribution in [0.3, 0.4) is 0 Å². The number of rotatable bonds is 11. The number of hydrogen-bond donors (Lipinski definition) is 3. The van der Waals surface area contributed by atoms with E-state index in [4.69, 9.17) is 4.74 Å². The number of anilines is 2. The minimum Gasteiger partial charge on any atom is -0.395 e. The topological polar surface area (TPSA) is 130 Å². The molecule has 0 bridgehead atoms. The van der Waals surface area contributed by atoms with E-state index < -0.39 is 43.6 Å². The molecule has 3 heterocycles. The Labute approximate surface area is 280 Å². The third kappa shape index (κ3) is 6.21. The first-order valence-corrected chi connectivity index (χ1v) is 19.3. The smallest absolute Gasteiger partial charge is 0.264 e. The summed E-state index contributed by atoms with van der Waals surface area (Å²) in [6, 6.07) is 24.3. The summed E-state index contributed by atoms with van der Waals surface area (Å²) in [7, 11) is -3.36. The number of aliphatic hydroxyl groups is 2. The fourth-order valence-corrected chi connectivity index (χ4v) is 10.0. The van der Waals surface area contributed by atoms with Crippen molar-refractivity contribution >= 4 is 31.6 Å². The number of aromatic nitrogens is 3. The molecule has 2 aliphatic heterocycles. The van der Waals surface area contributed by atoms with Gasteiger partial charge in [-0.25, -0.2) is 0 Å². The maximum absolute atomic E-state index is 16.3. The number of benzene rings is 3. The Balaban J connectivity index is 1.26. The number of carbonyl (C=O) groups is 2. The Bertz CT molecular complexity index is 1780. The van der Waals surface area contributed by atoms with Gasteiger partial charge in [-0.15, -0.1) is 5.10 Å². The molecule has 0 radical (unpaired) electrons. The van der Waals surface area contributed by atoms with Gasteiger partial charge in [0.15, 0.2) is 5.60 Å². The highest BCUT2D eigenvalue weighted by Gasteiger charge is 2.66. The van der Waals surface area contributed by atoms with Gasteiger partial charge in [-0.2, -0.15) is 0 Å². The molecule has 1 unspecified atom stereocenters. The molecule has 6 rings (SSSR count). The molecule has 2 amide bonds. The highest BCUT2D eigenvalue weighted by molar-refractivity contribution is 6.72. The molecule has 48 heavy (non-hydrogen) atoms. The Kier molecular flexibility index (Phi) is 9.36. The first-order valence-electron chi connectivity index (χ1n) is 16.4. The van der Waals surface area contributed by atoms with Crippen LogP contribution in [0, 0.1) is 5.92 Å². The van der Waals surface area contributed by atoms with Crippen molar-refractivity contribution < 1.29 is 28.6 Å². The van der Waals surface area contributed by atoms with Crippen LogP contribution in [0.5, 0.6) is 0 Å². The molecule has 1 aromatic heterocycles. The second kappa shape index (κ2) is 13.3. The zero-order valence-electron chi connectivity index (χ0n) is 27.6. The lowest BCUT2D eigenvalue weighted by molar-refractivity contribution is -0.146. The van der Waals surface area contributed by atoms with Gasteiger partial charge in [0, 0.05) is 35.5 Å². The second-order valence-electron chi connectivity index (χ2n) is 13.4. The van der Waals surface area contributed by atoms with Crippen LogP contribution in [0.25, 0.3) is 0 Å². The number of carbonyl (C=O) groups excluding carboxylic acids is 2. The summed E-state index contributed by atoms with van der Waals surface area (Å²) in [5.74, 6) is -1.52. The summed E-state index contributed by atoms with van der Waals surface area (Å²) < 4.78 is 24.8.